The smallest absolute Gasteiger partial charge is 0.131 e. The molecule has 0 aromatic heterocycles. The molecule has 0 bridgehead atoms. The minimum atomic E-state index is -0.211. The molecule has 0 N–H and O–H groups in total. The van der Waals surface area contributed by atoms with Crippen molar-refractivity contribution in [3.63, 3.8) is 0 Å². The highest BCUT2D eigenvalue weighted by atomic mass is 35.5. The number of hydrogen-bond acceptors (Lipinski definition) is 0. The molecule has 0 heterocycles. The normalized spacial score (nSPS) is 10.7. The van der Waals surface area contributed by atoms with Crippen LogP contribution in [-0.2, 0) is 0 Å². The molecule has 0 nitrogen and oxygen atoms in total. The number of aryl methyl sites for hydroxylation is 1. The minimum absolute atomic E-state index is 0.211. The summed E-state index contributed by atoms with van der Waals surface area (Å²) in [6, 6.07) is 8.69. The number of benzene rings is 2. The number of fused-ring (bicyclic) bond motifs is 1. The van der Waals surface area contributed by atoms with Crippen molar-refractivity contribution in [2.75, 3.05) is 0 Å². The van der Waals surface area contributed by atoms with Crippen molar-refractivity contribution in [2.24, 2.45) is 0 Å². The van der Waals surface area contributed by atoms with Crippen LogP contribution in [0, 0.1) is 12.7 Å². The summed E-state index contributed by atoms with van der Waals surface area (Å²) in [5.41, 5.74) is 0.923. The van der Waals surface area contributed by atoms with E-state index < -0.39 is 0 Å². The van der Waals surface area contributed by atoms with Crippen molar-refractivity contribution in [2.45, 2.75) is 6.92 Å². The monoisotopic (exact) mass is 194 g/mol. The third-order valence-corrected chi connectivity index (χ3v) is 2.25. The molecule has 0 amide bonds. The van der Waals surface area contributed by atoms with Gasteiger partial charge in [0.2, 0.25) is 0 Å². The van der Waals surface area contributed by atoms with Crippen LogP contribution < -0.4 is 0 Å². The molecule has 0 saturated carbocycles. The van der Waals surface area contributed by atoms with Gasteiger partial charge in [-0.25, -0.2) is 4.39 Å². The van der Waals surface area contributed by atoms with Gasteiger partial charge in [-0.15, -0.1) is 0 Å². The number of hydrogen-bond donors (Lipinski definition) is 0. The summed E-state index contributed by atoms with van der Waals surface area (Å²) < 4.78 is 13.4. The Bertz CT molecular complexity index is 463. The minimum Gasteiger partial charge on any atom is -0.206 e. The Labute approximate surface area is 80.9 Å². The molecule has 2 aromatic rings. The summed E-state index contributed by atoms with van der Waals surface area (Å²) in [7, 11) is 0. The molecule has 0 radical (unpaired) electrons. The molecule has 0 aliphatic rings. The maximum absolute atomic E-state index is 13.4. The highest BCUT2D eigenvalue weighted by Gasteiger charge is 2.01. The molecule has 0 unspecified atom stereocenters. The van der Waals surface area contributed by atoms with Gasteiger partial charge in [-0.05, 0) is 36.1 Å². The van der Waals surface area contributed by atoms with Crippen molar-refractivity contribution < 1.29 is 4.39 Å². The van der Waals surface area contributed by atoms with Gasteiger partial charge in [-0.3, -0.25) is 0 Å². The summed E-state index contributed by atoms with van der Waals surface area (Å²) in [6.45, 7) is 1.87. The summed E-state index contributed by atoms with van der Waals surface area (Å²) >= 11 is 5.76. The van der Waals surface area contributed by atoms with Gasteiger partial charge in [0.15, 0.2) is 0 Å². The first-order valence-electron chi connectivity index (χ1n) is 4.02. The Morgan fingerprint density at radius 3 is 2.69 bits per heavy atom. The SMILES string of the molecule is Cc1cc(F)c2cc(Cl)ccc2c1. The van der Waals surface area contributed by atoms with E-state index in [1.807, 2.05) is 19.1 Å². The Balaban J connectivity index is 2.87. The Kier molecular flexibility index (Phi) is 1.97. The van der Waals surface area contributed by atoms with Crippen molar-refractivity contribution in [1.82, 2.24) is 0 Å². The molecular weight excluding hydrogens is 187 g/mol. The van der Waals surface area contributed by atoms with E-state index in [9.17, 15) is 4.39 Å². The molecule has 0 aliphatic heterocycles. The first-order valence-corrected chi connectivity index (χ1v) is 4.40. The van der Waals surface area contributed by atoms with Gasteiger partial charge in [0.05, 0.1) is 0 Å². The van der Waals surface area contributed by atoms with Crippen molar-refractivity contribution in [3.8, 4) is 0 Å². The van der Waals surface area contributed by atoms with Crippen LogP contribution in [0.15, 0.2) is 30.3 Å². The molecule has 66 valence electrons. The Morgan fingerprint density at radius 2 is 1.92 bits per heavy atom. The zero-order valence-corrected chi connectivity index (χ0v) is 7.90. The van der Waals surface area contributed by atoms with Crippen molar-refractivity contribution in [3.05, 3.63) is 46.7 Å². The van der Waals surface area contributed by atoms with Gasteiger partial charge in [-0.2, -0.15) is 0 Å². The lowest BCUT2D eigenvalue weighted by atomic mass is 10.1. The van der Waals surface area contributed by atoms with E-state index >= 15 is 0 Å². The van der Waals surface area contributed by atoms with E-state index in [2.05, 4.69) is 0 Å². The molecule has 0 saturated heterocycles. The molecule has 0 fully saturated rings. The molecule has 0 spiro atoms. The van der Waals surface area contributed by atoms with Crippen LogP contribution in [0.1, 0.15) is 5.56 Å². The van der Waals surface area contributed by atoms with Gasteiger partial charge in [-0.1, -0.05) is 23.7 Å². The summed E-state index contributed by atoms with van der Waals surface area (Å²) in [5, 5.41) is 2.04. The van der Waals surface area contributed by atoms with Crippen LogP contribution >= 0.6 is 11.6 Å². The lowest BCUT2D eigenvalue weighted by Crippen LogP contribution is -1.82. The predicted molar refractivity (Wildman–Crippen MR) is 53.7 cm³/mol. The van der Waals surface area contributed by atoms with Gasteiger partial charge in [0.1, 0.15) is 5.82 Å². The lowest BCUT2D eigenvalue weighted by molar-refractivity contribution is 0.639. The number of halogens is 2. The van der Waals surface area contributed by atoms with E-state index in [1.165, 1.54) is 6.07 Å². The maximum Gasteiger partial charge on any atom is 0.131 e. The van der Waals surface area contributed by atoms with Crippen LogP contribution in [0.25, 0.3) is 10.8 Å². The van der Waals surface area contributed by atoms with Crippen LogP contribution in [0.5, 0.6) is 0 Å². The summed E-state index contributed by atoms with van der Waals surface area (Å²) in [5.74, 6) is -0.211. The highest BCUT2D eigenvalue weighted by molar-refractivity contribution is 6.31. The number of rotatable bonds is 0. The third-order valence-electron chi connectivity index (χ3n) is 2.01. The Morgan fingerprint density at radius 1 is 1.15 bits per heavy atom. The first kappa shape index (κ1) is 8.52. The second kappa shape index (κ2) is 3.00. The summed E-state index contributed by atoms with van der Waals surface area (Å²) in [6.07, 6.45) is 0. The van der Waals surface area contributed by atoms with Gasteiger partial charge >= 0.3 is 0 Å². The van der Waals surface area contributed by atoms with Crippen LogP contribution in [0.3, 0.4) is 0 Å². The fraction of sp³-hybridized carbons (Fsp3) is 0.0909. The maximum atomic E-state index is 13.4. The van der Waals surface area contributed by atoms with E-state index in [1.54, 1.807) is 12.1 Å². The molecular formula is C11H8ClF. The van der Waals surface area contributed by atoms with Gasteiger partial charge in [0, 0.05) is 10.4 Å². The van der Waals surface area contributed by atoms with E-state index in [-0.39, 0.29) is 5.82 Å². The fourth-order valence-corrected chi connectivity index (χ4v) is 1.60. The van der Waals surface area contributed by atoms with Gasteiger partial charge in [0.25, 0.3) is 0 Å². The second-order valence-electron chi connectivity index (χ2n) is 3.11. The van der Waals surface area contributed by atoms with Crippen LogP contribution in [0.4, 0.5) is 4.39 Å². The van der Waals surface area contributed by atoms with Gasteiger partial charge < -0.3 is 0 Å². The molecule has 0 atom stereocenters. The first-order chi connectivity index (χ1) is 6.16. The Hall–Kier alpha value is -1.08. The van der Waals surface area contributed by atoms with E-state index in [0.717, 1.165) is 10.9 Å². The second-order valence-corrected chi connectivity index (χ2v) is 3.55. The molecule has 2 aromatic carbocycles. The molecule has 0 aliphatic carbocycles. The zero-order chi connectivity index (χ0) is 9.42. The predicted octanol–water partition coefficient (Wildman–Crippen LogP) is 3.94. The average molecular weight is 195 g/mol. The third kappa shape index (κ3) is 1.52. The van der Waals surface area contributed by atoms with Crippen molar-refractivity contribution >= 4 is 22.4 Å². The lowest BCUT2D eigenvalue weighted by Gasteiger charge is -2.01. The average Bonchev–Trinajstić information content (AvgIpc) is 2.06. The quantitative estimate of drug-likeness (QED) is 0.596. The standard InChI is InChI=1S/C11H8ClF/c1-7-4-8-2-3-9(12)6-10(8)11(13)5-7/h2-6H,1H3. The van der Waals surface area contributed by atoms with E-state index in [4.69, 9.17) is 11.6 Å². The molecule has 2 heteroatoms. The largest absolute Gasteiger partial charge is 0.206 e. The fourth-order valence-electron chi connectivity index (χ4n) is 1.43. The van der Waals surface area contributed by atoms with E-state index in [0.29, 0.717) is 10.4 Å². The summed E-state index contributed by atoms with van der Waals surface area (Å²) in [4.78, 5) is 0. The zero-order valence-electron chi connectivity index (χ0n) is 7.14. The van der Waals surface area contributed by atoms with Crippen LogP contribution in [0.2, 0.25) is 5.02 Å². The highest BCUT2D eigenvalue weighted by Crippen LogP contribution is 2.23. The van der Waals surface area contributed by atoms with Crippen LogP contribution in [-0.4, -0.2) is 0 Å². The molecule has 13 heavy (non-hydrogen) atoms. The molecule has 2 rings (SSSR count). The topological polar surface area (TPSA) is 0 Å². The van der Waals surface area contributed by atoms with Crippen molar-refractivity contribution in [1.29, 1.82) is 0 Å².